The van der Waals surface area contributed by atoms with Crippen LogP contribution in [-0.4, -0.2) is 20.2 Å². The highest BCUT2D eigenvalue weighted by Crippen LogP contribution is 2.30. The number of hydrogen-bond donors (Lipinski definition) is 1. The maximum atomic E-state index is 14.0. The first kappa shape index (κ1) is 12.8. The zero-order chi connectivity index (χ0) is 12.3. The number of halogens is 2. The summed E-state index contributed by atoms with van der Waals surface area (Å²) in [6.07, 6.45) is 2.09. The van der Waals surface area contributed by atoms with Crippen LogP contribution in [0.3, 0.4) is 0 Å². The molecule has 1 heterocycles. The molecule has 1 aliphatic heterocycles. The molecule has 94 valence electrons. The van der Waals surface area contributed by atoms with Crippen LogP contribution in [0, 0.1) is 5.82 Å². The summed E-state index contributed by atoms with van der Waals surface area (Å²) in [5, 5.41) is 3.49. The molecule has 1 aromatic carbocycles. The first-order valence-corrected chi connectivity index (χ1v) is 6.27. The van der Waals surface area contributed by atoms with E-state index in [1.807, 2.05) is 6.07 Å². The zero-order valence-electron chi connectivity index (χ0n) is 9.93. The first-order valence-electron chi connectivity index (χ1n) is 5.90. The lowest BCUT2D eigenvalue weighted by atomic mass is 9.90. The Balaban J connectivity index is 2.29. The molecule has 1 atom stereocenters. The molecule has 0 bridgehead atoms. The lowest BCUT2D eigenvalue weighted by Gasteiger charge is -2.24. The van der Waals surface area contributed by atoms with Crippen LogP contribution in [0.25, 0.3) is 0 Å². The highest BCUT2D eigenvalue weighted by Gasteiger charge is 2.20. The summed E-state index contributed by atoms with van der Waals surface area (Å²) < 4.78 is 19.1. The monoisotopic (exact) mass is 257 g/mol. The second kappa shape index (κ2) is 5.80. The number of ether oxygens (including phenoxy) is 1. The van der Waals surface area contributed by atoms with Crippen molar-refractivity contribution in [2.45, 2.75) is 25.4 Å². The van der Waals surface area contributed by atoms with Gasteiger partial charge in [-0.1, -0.05) is 17.7 Å². The van der Waals surface area contributed by atoms with Gasteiger partial charge in [-0.3, -0.25) is 0 Å². The van der Waals surface area contributed by atoms with Crippen LogP contribution in [0.2, 0.25) is 5.02 Å². The van der Waals surface area contributed by atoms with Gasteiger partial charge < -0.3 is 10.1 Å². The van der Waals surface area contributed by atoms with Crippen LogP contribution in [0.1, 0.15) is 29.9 Å². The van der Waals surface area contributed by atoms with Crippen LogP contribution >= 0.6 is 11.6 Å². The van der Waals surface area contributed by atoms with Gasteiger partial charge in [-0.25, -0.2) is 4.39 Å². The number of nitrogens with one attached hydrogen (secondary N) is 1. The van der Waals surface area contributed by atoms with E-state index in [4.69, 9.17) is 16.3 Å². The van der Waals surface area contributed by atoms with Gasteiger partial charge in [0.1, 0.15) is 5.82 Å². The Morgan fingerprint density at radius 2 is 2.35 bits per heavy atom. The van der Waals surface area contributed by atoms with E-state index in [1.165, 1.54) is 0 Å². The molecule has 1 N–H and O–H groups in total. The van der Waals surface area contributed by atoms with Crippen molar-refractivity contribution in [2.75, 3.05) is 20.2 Å². The van der Waals surface area contributed by atoms with Crippen molar-refractivity contribution >= 4 is 11.6 Å². The predicted octanol–water partition coefficient (Wildman–Crippen LogP) is 3.09. The SMILES string of the molecule is COCc1cc(Cl)c(F)c(C2CCCNC2)c1. The molecule has 2 nitrogen and oxygen atoms in total. The van der Waals surface area contributed by atoms with E-state index in [1.54, 1.807) is 13.2 Å². The zero-order valence-corrected chi connectivity index (χ0v) is 10.7. The van der Waals surface area contributed by atoms with E-state index >= 15 is 0 Å². The minimum Gasteiger partial charge on any atom is -0.380 e. The van der Waals surface area contributed by atoms with Crippen LogP contribution in [0.4, 0.5) is 4.39 Å². The number of methoxy groups -OCH3 is 1. The molecule has 0 saturated carbocycles. The fourth-order valence-corrected chi connectivity index (χ4v) is 2.58. The van der Waals surface area contributed by atoms with Crippen LogP contribution in [-0.2, 0) is 11.3 Å². The molecule has 0 aromatic heterocycles. The number of benzene rings is 1. The van der Waals surface area contributed by atoms with E-state index in [-0.39, 0.29) is 16.8 Å². The molecule has 17 heavy (non-hydrogen) atoms. The second-order valence-corrected chi connectivity index (χ2v) is 4.86. The summed E-state index contributed by atoms with van der Waals surface area (Å²) in [7, 11) is 1.62. The van der Waals surface area contributed by atoms with Gasteiger partial charge >= 0.3 is 0 Å². The summed E-state index contributed by atoms with van der Waals surface area (Å²) in [5.74, 6) is -0.0572. The van der Waals surface area contributed by atoms with Crippen molar-refractivity contribution in [3.8, 4) is 0 Å². The average Bonchev–Trinajstić information content (AvgIpc) is 2.35. The summed E-state index contributed by atoms with van der Waals surface area (Å²) in [6.45, 7) is 2.31. The Labute approximate surface area is 106 Å². The first-order chi connectivity index (χ1) is 8.22. The summed E-state index contributed by atoms with van der Waals surface area (Å²) >= 11 is 5.92. The van der Waals surface area contributed by atoms with Crippen molar-refractivity contribution < 1.29 is 9.13 Å². The molecule has 0 aliphatic carbocycles. The van der Waals surface area contributed by atoms with Gasteiger partial charge in [0.05, 0.1) is 11.6 Å². The topological polar surface area (TPSA) is 21.3 Å². The third kappa shape index (κ3) is 2.97. The molecule has 0 spiro atoms. The lowest BCUT2D eigenvalue weighted by Crippen LogP contribution is -2.29. The van der Waals surface area contributed by atoms with Gasteiger partial charge in [0.15, 0.2) is 0 Å². The smallest absolute Gasteiger partial charge is 0.145 e. The Kier molecular flexibility index (Phi) is 4.37. The fourth-order valence-electron chi connectivity index (χ4n) is 2.33. The third-order valence-electron chi connectivity index (χ3n) is 3.16. The highest BCUT2D eigenvalue weighted by atomic mass is 35.5. The van der Waals surface area contributed by atoms with Crippen molar-refractivity contribution in [1.82, 2.24) is 5.32 Å². The van der Waals surface area contributed by atoms with Crippen molar-refractivity contribution in [3.05, 3.63) is 34.1 Å². The van der Waals surface area contributed by atoms with E-state index in [9.17, 15) is 4.39 Å². The molecule has 0 amide bonds. The quantitative estimate of drug-likeness (QED) is 0.899. The summed E-state index contributed by atoms with van der Waals surface area (Å²) in [4.78, 5) is 0. The van der Waals surface area contributed by atoms with Gasteiger partial charge in [-0.15, -0.1) is 0 Å². The van der Waals surface area contributed by atoms with E-state index < -0.39 is 0 Å². The van der Waals surface area contributed by atoms with Gasteiger partial charge in [-0.05, 0) is 42.5 Å². The van der Waals surface area contributed by atoms with Crippen LogP contribution in [0.5, 0.6) is 0 Å². The Bertz CT molecular complexity index is 391. The predicted molar refractivity (Wildman–Crippen MR) is 67.0 cm³/mol. The molecular formula is C13H17ClFNO. The molecule has 2 rings (SSSR count). The second-order valence-electron chi connectivity index (χ2n) is 4.46. The standard InChI is InChI=1S/C13H17ClFNO/c1-17-8-9-5-11(13(15)12(14)6-9)10-3-2-4-16-7-10/h5-6,10,16H,2-4,7-8H2,1H3. The normalized spacial score (nSPS) is 20.5. The molecule has 1 aliphatic rings. The summed E-state index contributed by atoms with van der Waals surface area (Å²) in [6, 6.07) is 3.52. The fraction of sp³-hybridized carbons (Fsp3) is 0.538. The van der Waals surface area contributed by atoms with Crippen LogP contribution in [0.15, 0.2) is 12.1 Å². The molecule has 1 unspecified atom stereocenters. The maximum absolute atomic E-state index is 14.0. The maximum Gasteiger partial charge on any atom is 0.145 e. The molecule has 4 heteroatoms. The Morgan fingerprint density at radius 1 is 1.53 bits per heavy atom. The van der Waals surface area contributed by atoms with E-state index in [0.29, 0.717) is 6.61 Å². The Morgan fingerprint density at radius 3 is 3.00 bits per heavy atom. The van der Waals surface area contributed by atoms with Crippen LogP contribution < -0.4 is 5.32 Å². The number of rotatable bonds is 3. The largest absolute Gasteiger partial charge is 0.380 e. The Hall–Kier alpha value is -0.640. The lowest BCUT2D eigenvalue weighted by molar-refractivity contribution is 0.184. The van der Waals surface area contributed by atoms with Crippen molar-refractivity contribution in [2.24, 2.45) is 0 Å². The minimum atomic E-state index is -0.278. The minimum absolute atomic E-state index is 0.195. The molecule has 1 saturated heterocycles. The van der Waals surface area contributed by atoms with E-state index in [2.05, 4.69) is 5.32 Å². The van der Waals surface area contributed by atoms with Gasteiger partial charge in [-0.2, -0.15) is 0 Å². The third-order valence-corrected chi connectivity index (χ3v) is 3.44. The highest BCUT2D eigenvalue weighted by molar-refractivity contribution is 6.30. The van der Waals surface area contributed by atoms with Crippen molar-refractivity contribution in [1.29, 1.82) is 0 Å². The number of piperidine rings is 1. The van der Waals surface area contributed by atoms with Gasteiger partial charge in [0.2, 0.25) is 0 Å². The molecular weight excluding hydrogens is 241 g/mol. The molecule has 1 fully saturated rings. The average molecular weight is 258 g/mol. The summed E-state index contributed by atoms with van der Waals surface area (Å²) in [5.41, 5.74) is 1.65. The molecule has 0 radical (unpaired) electrons. The van der Waals surface area contributed by atoms with Crippen molar-refractivity contribution in [3.63, 3.8) is 0 Å². The van der Waals surface area contributed by atoms with E-state index in [0.717, 1.165) is 37.1 Å². The van der Waals surface area contributed by atoms with Gasteiger partial charge in [0, 0.05) is 13.7 Å². The molecule has 1 aromatic rings. The number of hydrogen-bond acceptors (Lipinski definition) is 2. The van der Waals surface area contributed by atoms with Gasteiger partial charge in [0.25, 0.3) is 0 Å².